The molecule has 1 aliphatic heterocycles. The molecule has 2 heterocycles. The maximum absolute atomic E-state index is 13.1. The summed E-state index contributed by atoms with van der Waals surface area (Å²) in [6.07, 6.45) is 0.932. The average Bonchev–Trinajstić information content (AvgIpc) is 2.88. The Morgan fingerprint density at radius 3 is 2.52 bits per heavy atom. The Balaban J connectivity index is 1.98. The van der Waals surface area contributed by atoms with Gasteiger partial charge >= 0.3 is 0 Å². The number of carbonyl (C=O) groups excluding carboxylic acids is 1. The number of nitrogens with zero attached hydrogens (tertiary/aromatic N) is 1. The molecule has 0 bridgehead atoms. The Hall–Kier alpha value is -2.59. The maximum Gasteiger partial charge on any atom is 0.290 e. The Morgan fingerprint density at radius 1 is 1.12 bits per heavy atom. The average molecular weight is 354 g/mol. The fourth-order valence-corrected chi connectivity index (χ4v) is 3.56. The minimum Gasteiger partial charge on any atom is -0.450 e. The van der Waals surface area contributed by atoms with E-state index in [1.54, 1.807) is 30.1 Å². The van der Waals surface area contributed by atoms with Crippen molar-refractivity contribution in [1.82, 2.24) is 4.90 Å². The number of benzene rings is 2. The summed E-state index contributed by atoms with van der Waals surface area (Å²) >= 11 is 6.03. The summed E-state index contributed by atoms with van der Waals surface area (Å²) in [5, 5.41) is 0.853. The lowest BCUT2D eigenvalue weighted by molar-refractivity contribution is 0.0771. The number of hydrogen-bond acceptors (Lipinski definition) is 3. The monoisotopic (exact) mass is 353 g/mol. The molecule has 5 heteroatoms. The van der Waals surface area contributed by atoms with Gasteiger partial charge in [0.05, 0.1) is 17.0 Å². The van der Waals surface area contributed by atoms with Crippen LogP contribution in [0.4, 0.5) is 0 Å². The molecule has 4 rings (SSSR count). The summed E-state index contributed by atoms with van der Waals surface area (Å²) in [7, 11) is 1.69. The third-order valence-corrected chi connectivity index (χ3v) is 5.00. The van der Waals surface area contributed by atoms with E-state index in [2.05, 4.69) is 6.92 Å². The number of aryl methyl sites for hydroxylation is 1. The van der Waals surface area contributed by atoms with Crippen LogP contribution in [0.15, 0.2) is 51.7 Å². The van der Waals surface area contributed by atoms with E-state index in [4.69, 9.17) is 16.0 Å². The van der Waals surface area contributed by atoms with Crippen LogP contribution in [0.3, 0.4) is 0 Å². The molecule has 0 saturated carbocycles. The fourth-order valence-electron chi connectivity index (χ4n) is 3.39. The van der Waals surface area contributed by atoms with Crippen molar-refractivity contribution < 1.29 is 9.21 Å². The van der Waals surface area contributed by atoms with Gasteiger partial charge in [-0.3, -0.25) is 9.59 Å². The van der Waals surface area contributed by atoms with Gasteiger partial charge in [0.25, 0.3) is 5.91 Å². The van der Waals surface area contributed by atoms with E-state index in [1.807, 2.05) is 24.3 Å². The van der Waals surface area contributed by atoms with Crippen LogP contribution in [0.2, 0.25) is 5.02 Å². The molecule has 0 aliphatic carbocycles. The van der Waals surface area contributed by atoms with Crippen LogP contribution in [0.5, 0.6) is 0 Å². The lowest BCUT2D eigenvalue weighted by atomic mass is 9.97. The Bertz CT molecular complexity index is 1050. The first-order valence-corrected chi connectivity index (χ1v) is 8.51. The predicted octanol–water partition coefficient (Wildman–Crippen LogP) is 4.18. The van der Waals surface area contributed by atoms with E-state index in [9.17, 15) is 9.59 Å². The van der Waals surface area contributed by atoms with Crippen LogP contribution >= 0.6 is 11.6 Å². The van der Waals surface area contributed by atoms with Gasteiger partial charge in [-0.05, 0) is 35.7 Å². The van der Waals surface area contributed by atoms with E-state index < -0.39 is 6.04 Å². The van der Waals surface area contributed by atoms with Crippen LogP contribution in [0, 0.1) is 0 Å². The molecule has 4 nitrogen and oxygen atoms in total. The highest BCUT2D eigenvalue weighted by Crippen LogP contribution is 2.37. The lowest BCUT2D eigenvalue weighted by Gasteiger charge is -2.20. The van der Waals surface area contributed by atoms with E-state index in [-0.39, 0.29) is 17.1 Å². The second kappa shape index (κ2) is 5.74. The molecule has 3 aromatic rings. The zero-order valence-corrected chi connectivity index (χ0v) is 14.6. The van der Waals surface area contributed by atoms with Gasteiger partial charge in [-0.15, -0.1) is 0 Å². The first kappa shape index (κ1) is 15.9. The van der Waals surface area contributed by atoms with Crippen molar-refractivity contribution in [3.63, 3.8) is 0 Å². The molecule has 126 valence electrons. The number of hydrogen-bond donors (Lipinski definition) is 0. The standard InChI is InChI=1S/C20H16ClNO3/c1-3-11-4-6-12(7-5-11)17-16-18(23)14-10-13(21)8-9-15(14)25-19(16)20(24)22(17)2/h4-10,17H,3H2,1-2H3. The van der Waals surface area contributed by atoms with Crippen molar-refractivity contribution in [2.24, 2.45) is 0 Å². The molecule has 0 fully saturated rings. The van der Waals surface area contributed by atoms with Gasteiger partial charge in [0.1, 0.15) is 5.58 Å². The molecular formula is C20H16ClNO3. The highest BCUT2D eigenvalue weighted by Gasteiger charge is 2.40. The van der Waals surface area contributed by atoms with Gasteiger partial charge in [-0.25, -0.2) is 0 Å². The molecule has 1 aromatic heterocycles. The first-order valence-electron chi connectivity index (χ1n) is 8.13. The van der Waals surface area contributed by atoms with E-state index in [0.29, 0.717) is 21.6 Å². The second-order valence-electron chi connectivity index (χ2n) is 6.23. The van der Waals surface area contributed by atoms with E-state index in [1.165, 1.54) is 5.56 Å². The van der Waals surface area contributed by atoms with Gasteiger partial charge in [0.15, 0.2) is 5.43 Å². The number of halogens is 1. The van der Waals surface area contributed by atoms with Crippen molar-refractivity contribution in [2.75, 3.05) is 7.05 Å². The smallest absolute Gasteiger partial charge is 0.290 e. The number of carbonyl (C=O) groups is 1. The fraction of sp³-hybridized carbons (Fsp3) is 0.200. The summed E-state index contributed by atoms with van der Waals surface area (Å²) in [4.78, 5) is 27.3. The molecule has 25 heavy (non-hydrogen) atoms. The molecule has 0 spiro atoms. The van der Waals surface area contributed by atoms with E-state index in [0.717, 1.165) is 12.0 Å². The third-order valence-electron chi connectivity index (χ3n) is 4.77. The lowest BCUT2D eigenvalue weighted by Crippen LogP contribution is -2.25. The molecule has 1 aliphatic rings. The Labute approximate surface area is 149 Å². The van der Waals surface area contributed by atoms with Gasteiger partial charge in [-0.1, -0.05) is 42.8 Å². The van der Waals surface area contributed by atoms with E-state index >= 15 is 0 Å². The predicted molar refractivity (Wildman–Crippen MR) is 97.3 cm³/mol. The highest BCUT2D eigenvalue weighted by atomic mass is 35.5. The molecule has 1 atom stereocenters. The van der Waals surface area contributed by atoms with Gasteiger partial charge < -0.3 is 9.32 Å². The molecule has 0 N–H and O–H groups in total. The number of amides is 1. The van der Waals surface area contributed by atoms with Crippen molar-refractivity contribution in [3.05, 3.63) is 80.2 Å². The molecule has 1 amide bonds. The quantitative estimate of drug-likeness (QED) is 0.694. The maximum atomic E-state index is 13.1. The topological polar surface area (TPSA) is 50.5 Å². The number of fused-ring (bicyclic) bond motifs is 2. The Morgan fingerprint density at radius 2 is 1.84 bits per heavy atom. The van der Waals surface area contributed by atoms with Crippen molar-refractivity contribution in [3.8, 4) is 0 Å². The normalized spacial score (nSPS) is 16.5. The SMILES string of the molecule is CCc1ccc(C2c3c(oc4ccc(Cl)cc4c3=O)C(=O)N2C)cc1. The third kappa shape index (κ3) is 2.36. The molecule has 1 unspecified atom stereocenters. The van der Waals surface area contributed by atoms with Gasteiger partial charge in [0.2, 0.25) is 5.76 Å². The van der Waals surface area contributed by atoms with Crippen LogP contribution < -0.4 is 5.43 Å². The minimum absolute atomic E-state index is 0.117. The zero-order valence-electron chi connectivity index (χ0n) is 13.9. The van der Waals surface area contributed by atoms with Crippen molar-refractivity contribution in [2.45, 2.75) is 19.4 Å². The highest BCUT2D eigenvalue weighted by molar-refractivity contribution is 6.31. The largest absolute Gasteiger partial charge is 0.450 e. The number of rotatable bonds is 2. The zero-order chi connectivity index (χ0) is 17.7. The first-order chi connectivity index (χ1) is 12.0. The molecule has 2 aromatic carbocycles. The van der Waals surface area contributed by atoms with Crippen LogP contribution in [0.1, 0.15) is 40.2 Å². The van der Waals surface area contributed by atoms with Crippen LogP contribution in [-0.4, -0.2) is 17.9 Å². The summed E-state index contributed by atoms with van der Waals surface area (Å²) in [5.74, 6) is -0.166. The second-order valence-corrected chi connectivity index (χ2v) is 6.66. The van der Waals surface area contributed by atoms with Crippen LogP contribution in [0.25, 0.3) is 11.0 Å². The van der Waals surface area contributed by atoms with Crippen molar-refractivity contribution >= 4 is 28.5 Å². The molecule has 0 saturated heterocycles. The summed E-state index contributed by atoms with van der Waals surface area (Å²) in [6.45, 7) is 2.08. The van der Waals surface area contributed by atoms with Gasteiger partial charge in [0, 0.05) is 12.1 Å². The Kier molecular flexibility index (Phi) is 3.65. The molecule has 0 radical (unpaired) electrons. The summed E-state index contributed by atoms with van der Waals surface area (Å²) < 4.78 is 5.77. The minimum atomic E-state index is -0.451. The van der Waals surface area contributed by atoms with Gasteiger partial charge in [-0.2, -0.15) is 0 Å². The molecular weight excluding hydrogens is 338 g/mol. The van der Waals surface area contributed by atoms with Crippen LogP contribution in [-0.2, 0) is 6.42 Å². The van der Waals surface area contributed by atoms with Crippen molar-refractivity contribution in [1.29, 1.82) is 0 Å². The summed E-state index contributed by atoms with van der Waals surface area (Å²) in [5.41, 5.74) is 2.64. The summed E-state index contributed by atoms with van der Waals surface area (Å²) in [6, 6.07) is 12.4.